The van der Waals surface area contributed by atoms with E-state index in [1.165, 1.54) is 6.07 Å². The third-order valence-electron chi connectivity index (χ3n) is 2.46. The van der Waals surface area contributed by atoms with E-state index in [-0.39, 0.29) is 17.3 Å². The van der Waals surface area contributed by atoms with Crippen LogP contribution in [0.4, 0.5) is 5.69 Å². The zero-order valence-corrected chi connectivity index (χ0v) is 12.0. The summed E-state index contributed by atoms with van der Waals surface area (Å²) in [7, 11) is 0. The van der Waals surface area contributed by atoms with Gasteiger partial charge < -0.3 is 4.74 Å². The Labute approximate surface area is 123 Å². The molecule has 0 heterocycles. The fraction of sp³-hybridized carbons (Fsp3) is 0.0769. The van der Waals surface area contributed by atoms with Crippen LogP contribution in [-0.2, 0) is 5.88 Å². The van der Waals surface area contributed by atoms with Crippen LogP contribution in [-0.4, -0.2) is 4.92 Å². The smallest absolute Gasteiger partial charge is 0.311 e. The van der Waals surface area contributed by atoms with Crippen LogP contribution < -0.4 is 4.74 Å². The van der Waals surface area contributed by atoms with E-state index >= 15 is 0 Å². The zero-order valence-electron chi connectivity index (χ0n) is 9.68. The lowest BCUT2D eigenvalue weighted by molar-refractivity contribution is -0.385. The van der Waals surface area contributed by atoms with Crippen molar-refractivity contribution in [2.45, 2.75) is 5.88 Å². The standard InChI is InChI=1S/C13H9BrClNO3/c14-10-6-5-9(8-15)13(7-10)19-12-4-2-1-3-11(12)16(17)18/h1-7H,8H2. The second-order valence-corrected chi connectivity index (χ2v) is 4.90. The Morgan fingerprint density at radius 1 is 1.21 bits per heavy atom. The number of hydrogen-bond acceptors (Lipinski definition) is 3. The summed E-state index contributed by atoms with van der Waals surface area (Å²) in [6, 6.07) is 11.6. The van der Waals surface area contributed by atoms with Crippen LogP contribution in [0, 0.1) is 10.1 Å². The summed E-state index contributed by atoms with van der Waals surface area (Å²) in [5.74, 6) is 0.958. The number of halogens is 2. The lowest BCUT2D eigenvalue weighted by Gasteiger charge is -2.10. The van der Waals surface area contributed by atoms with Gasteiger partial charge in [-0.05, 0) is 18.2 Å². The zero-order chi connectivity index (χ0) is 13.8. The van der Waals surface area contributed by atoms with E-state index in [1.54, 1.807) is 30.3 Å². The summed E-state index contributed by atoms with van der Waals surface area (Å²) in [4.78, 5) is 10.4. The van der Waals surface area contributed by atoms with E-state index in [0.29, 0.717) is 5.75 Å². The molecule has 2 rings (SSSR count). The van der Waals surface area contributed by atoms with Gasteiger partial charge in [0.2, 0.25) is 5.75 Å². The molecule has 2 aromatic carbocycles. The van der Waals surface area contributed by atoms with Gasteiger partial charge in [-0.25, -0.2) is 0 Å². The van der Waals surface area contributed by atoms with E-state index in [0.717, 1.165) is 10.0 Å². The van der Waals surface area contributed by atoms with Crippen LogP contribution in [0.3, 0.4) is 0 Å². The molecular weight excluding hydrogens is 334 g/mol. The van der Waals surface area contributed by atoms with Gasteiger partial charge in [0.1, 0.15) is 5.75 Å². The number of nitrogens with zero attached hydrogens (tertiary/aromatic N) is 1. The van der Waals surface area contributed by atoms with E-state index in [2.05, 4.69) is 15.9 Å². The van der Waals surface area contributed by atoms with Crippen LogP contribution in [0.25, 0.3) is 0 Å². The SMILES string of the molecule is O=[N+]([O-])c1ccccc1Oc1cc(Br)ccc1CCl. The molecule has 0 aromatic heterocycles. The fourth-order valence-electron chi connectivity index (χ4n) is 1.55. The molecule has 0 atom stereocenters. The van der Waals surface area contributed by atoms with Crippen molar-refractivity contribution in [3.63, 3.8) is 0 Å². The highest BCUT2D eigenvalue weighted by molar-refractivity contribution is 9.10. The predicted molar refractivity (Wildman–Crippen MR) is 76.9 cm³/mol. The van der Waals surface area contributed by atoms with Crippen molar-refractivity contribution >= 4 is 33.2 Å². The van der Waals surface area contributed by atoms with Gasteiger partial charge in [0.25, 0.3) is 0 Å². The molecule has 4 nitrogen and oxygen atoms in total. The van der Waals surface area contributed by atoms with Crippen LogP contribution in [0.5, 0.6) is 11.5 Å². The first-order valence-corrected chi connectivity index (χ1v) is 6.70. The van der Waals surface area contributed by atoms with Crippen molar-refractivity contribution in [3.05, 3.63) is 62.6 Å². The number of benzene rings is 2. The van der Waals surface area contributed by atoms with Gasteiger partial charge in [-0.2, -0.15) is 0 Å². The number of para-hydroxylation sites is 2. The number of nitro benzene ring substituents is 1. The van der Waals surface area contributed by atoms with Gasteiger partial charge in [0.15, 0.2) is 0 Å². The van der Waals surface area contributed by atoms with Gasteiger partial charge in [0.05, 0.1) is 10.8 Å². The Morgan fingerprint density at radius 2 is 1.95 bits per heavy atom. The van der Waals surface area contributed by atoms with E-state index in [9.17, 15) is 10.1 Å². The molecule has 0 saturated heterocycles. The number of rotatable bonds is 4. The summed E-state index contributed by atoms with van der Waals surface area (Å²) in [5, 5.41) is 10.9. The maximum atomic E-state index is 10.9. The van der Waals surface area contributed by atoms with Gasteiger partial charge in [-0.1, -0.05) is 34.1 Å². The summed E-state index contributed by atoms with van der Waals surface area (Å²) in [6.07, 6.45) is 0. The molecule has 2 aromatic rings. The largest absolute Gasteiger partial charge is 0.450 e. The van der Waals surface area contributed by atoms with E-state index in [1.807, 2.05) is 6.07 Å². The molecule has 98 valence electrons. The minimum atomic E-state index is -0.478. The molecule has 6 heteroatoms. The summed E-state index contributed by atoms with van der Waals surface area (Å²) in [6.45, 7) is 0. The molecule has 0 unspecified atom stereocenters. The van der Waals surface area contributed by atoms with Crippen molar-refractivity contribution in [2.24, 2.45) is 0 Å². The number of ether oxygens (including phenoxy) is 1. The molecule has 0 radical (unpaired) electrons. The molecule has 0 fully saturated rings. The first kappa shape index (κ1) is 13.8. The number of nitro groups is 1. The normalized spacial score (nSPS) is 10.2. The molecule has 0 aliphatic carbocycles. The van der Waals surface area contributed by atoms with Crippen LogP contribution in [0.1, 0.15) is 5.56 Å². The summed E-state index contributed by atoms with van der Waals surface area (Å²) >= 11 is 9.15. The van der Waals surface area contributed by atoms with Crippen LogP contribution >= 0.6 is 27.5 Å². The maximum absolute atomic E-state index is 10.9. The van der Waals surface area contributed by atoms with E-state index in [4.69, 9.17) is 16.3 Å². The van der Waals surface area contributed by atoms with Crippen LogP contribution in [0.2, 0.25) is 0 Å². The average Bonchev–Trinajstić information content (AvgIpc) is 2.39. The second-order valence-electron chi connectivity index (χ2n) is 3.71. The average molecular weight is 343 g/mol. The molecule has 19 heavy (non-hydrogen) atoms. The summed E-state index contributed by atoms with van der Waals surface area (Å²) in [5.41, 5.74) is 0.686. The fourth-order valence-corrected chi connectivity index (χ4v) is 2.11. The highest BCUT2D eigenvalue weighted by atomic mass is 79.9. The monoisotopic (exact) mass is 341 g/mol. The third kappa shape index (κ3) is 3.24. The molecule has 0 N–H and O–H groups in total. The lowest BCUT2D eigenvalue weighted by Crippen LogP contribution is -1.95. The molecule has 0 amide bonds. The molecule has 0 saturated carbocycles. The third-order valence-corrected chi connectivity index (χ3v) is 3.24. The quantitative estimate of drug-likeness (QED) is 0.451. The Balaban J connectivity index is 2.41. The van der Waals surface area contributed by atoms with Gasteiger partial charge in [-0.3, -0.25) is 10.1 Å². The first-order chi connectivity index (χ1) is 9.11. The van der Waals surface area contributed by atoms with Crippen molar-refractivity contribution in [1.82, 2.24) is 0 Å². The number of alkyl halides is 1. The molecule has 0 spiro atoms. The van der Waals surface area contributed by atoms with Crippen molar-refractivity contribution < 1.29 is 9.66 Å². The van der Waals surface area contributed by atoms with E-state index < -0.39 is 4.92 Å². The van der Waals surface area contributed by atoms with Crippen molar-refractivity contribution in [3.8, 4) is 11.5 Å². The minimum Gasteiger partial charge on any atom is -0.450 e. The first-order valence-electron chi connectivity index (χ1n) is 5.37. The maximum Gasteiger partial charge on any atom is 0.311 e. The second kappa shape index (κ2) is 6.04. The number of hydrogen-bond donors (Lipinski definition) is 0. The van der Waals surface area contributed by atoms with Crippen LogP contribution in [0.15, 0.2) is 46.9 Å². The summed E-state index contributed by atoms with van der Waals surface area (Å²) < 4.78 is 6.43. The van der Waals surface area contributed by atoms with Gasteiger partial charge in [-0.15, -0.1) is 11.6 Å². The predicted octanol–water partition coefficient (Wildman–Crippen LogP) is 4.89. The Morgan fingerprint density at radius 3 is 2.63 bits per heavy atom. The van der Waals surface area contributed by atoms with Crippen molar-refractivity contribution in [2.75, 3.05) is 0 Å². The Kier molecular flexibility index (Phi) is 4.39. The van der Waals surface area contributed by atoms with Crippen molar-refractivity contribution in [1.29, 1.82) is 0 Å². The highest BCUT2D eigenvalue weighted by Gasteiger charge is 2.15. The molecule has 0 aliphatic heterocycles. The van der Waals surface area contributed by atoms with Gasteiger partial charge >= 0.3 is 5.69 Å². The lowest BCUT2D eigenvalue weighted by atomic mass is 10.2. The topological polar surface area (TPSA) is 52.4 Å². The Hall–Kier alpha value is -1.59. The van der Waals surface area contributed by atoms with Gasteiger partial charge in [0, 0.05) is 16.1 Å². The minimum absolute atomic E-state index is 0.0806. The highest BCUT2D eigenvalue weighted by Crippen LogP contribution is 2.34. The molecular formula is C13H9BrClNO3. The molecule has 0 aliphatic rings. The molecule has 0 bridgehead atoms. The Bertz CT molecular complexity index is 619.